The summed E-state index contributed by atoms with van der Waals surface area (Å²) in [7, 11) is 0. The number of carbonyl (C=O) groups excluding carboxylic acids is 2. The molecule has 6 rings (SSSR count). The lowest BCUT2D eigenvalue weighted by Crippen LogP contribution is -2.45. The smallest absolute Gasteiger partial charge is 0.155 e. The molecule has 6 aliphatic carbocycles. The Morgan fingerprint density at radius 3 is 2.50 bits per heavy atom. The lowest BCUT2D eigenvalue weighted by atomic mass is 9.50. The van der Waals surface area contributed by atoms with Crippen molar-refractivity contribution in [3.8, 4) is 0 Å². The van der Waals surface area contributed by atoms with Gasteiger partial charge in [0, 0.05) is 18.3 Å². The molecule has 2 nitrogen and oxygen atoms in total. The molecule has 0 heterocycles. The van der Waals surface area contributed by atoms with Gasteiger partial charge in [-0.25, -0.2) is 0 Å². The van der Waals surface area contributed by atoms with E-state index in [0.29, 0.717) is 18.0 Å². The van der Waals surface area contributed by atoms with Crippen molar-refractivity contribution in [2.75, 3.05) is 0 Å². The SMILES string of the molecule is CC12CCC(=O)C=C1C1(CC1)CC1=C2CC[C@@]23C(=O)CCC2(C)CC=C13. The van der Waals surface area contributed by atoms with E-state index in [1.807, 2.05) is 6.08 Å². The van der Waals surface area contributed by atoms with Crippen molar-refractivity contribution in [1.82, 2.24) is 0 Å². The summed E-state index contributed by atoms with van der Waals surface area (Å²) in [5.41, 5.74) is 6.33. The van der Waals surface area contributed by atoms with Gasteiger partial charge < -0.3 is 0 Å². The molecule has 2 fully saturated rings. The number of allylic oxidation sites excluding steroid dienone is 6. The zero-order valence-corrected chi connectivity index (χ0v) is 16.0. The van der Waals surface area contributed by atoms with Crippen LogP contribution in [0.15, 0.2) is 34.4 Å². The van der Waals surface area contributed by atoms with Crippen LogP contribution in [0.25, 0.3) is 0 Å². The highest BCUT2D eigenvalue weighted by Crippen LogP contribution is 2.74. The van der Waals surface area contributed by atoms with Crippen molar-refractivity contribution in [2.45, 2.75) is 78.1 Å². The minimum absolute atomic E-state index is 0.0705. The molecule has 136 valence electrons. The molecule has 0 aromatic rings. The van der Waals surface area contributed by atoms with Crippen molar-refractivity contribution in [1.29, 1.82) is 0 Å². The maximum Gasteiger partial charge on any atom is 0.155 e. The van der Waals surface area contributed by atoms with Gasteiger partial charge in [-0.1, -0.05) is 31.1 Å². The molecule has 3 atom stereocenters. The number of Topliss-reactive ketones (excluding diaryl/α,β-unsaturated/α-hetero) is 1. The molecule has 2 heteroatoms. The largest absolute Gasteiger partial charge is 0.299 e. The van der Waals surface area contributed by atoms with Gasteiger partial charge in [0.2, 0.25) is 0 Å². The first-order valence-electron chi connectivity index (χ1n) is 10.6. The highest BCUT2D eigenvalue weighted by atomic mass is 16.1. The summed E-state index contributed by atoms with van der Waals surface area (Å²) >= 11 is 0. The van der Waals surface area contributed by atoms with Gasteiger partial charge >= 0.3 is 0 Å². The molecule has 0 bridgehead atoms. The van der Waals surface area contributed by atoms with Crippen LogP contribution >= 0.6 is 0 Å². The fourth-order valence-corrected chi connectivity index (χ4v) is 7.78. The van der Waals surface area contributed by atoms with E-state index >= 15 is 0 Å². The van der Waals surface area contributed by atoms with Crippen LogP contribution in [0.2, 0.25) is 0 Å². The Hall–Kier alpha value is -1.44. The first-order chi connectivity index (χ1) is 12.3. The van der Waals surface area contributed by atoms with Gasteiger partial charge in [0.25, 0.3) is 0 Å². The van der Waals surface area contributed by atoms with Crippen molar-refractivity contribution < 1.29 is 9.59 Å². The minimum atomic E-state index is -0.177. The third-order valence-electron chi connectivity index (χ3n) is 9.44. The summed E-state index contributed by atoms with van der Waals surface area (Å²) in [6, 6.07) is 0. The molecule has 0 saturated heterocycles. The Morgan fingerprint density at radius 2 is 1.73 bits per heavy atom. The number of rotatable bonds is 0. The number of fused-ring (bicyclic) bond motifs is 4. The van der Waals surface area contributed by atoms with Crippen LogP contribution in [0.1, 0.15) is 78.1 Å². The van der Waals surface area contributed by atoms with Crippen molar-refractivity contribution in [2.24, 2.45) is 21.7 Å². The average molecular weight is 348 g/mol. The van der Waals surface area contributed by atoms with Gasteiger partial charge in [0.1, 0.15) is 5.78 Å². The summed E-state index contributed by atoms with van der Waals surface area (Å²) < 4.78 is 0. The summed E-state index contributed by atoms with van der Waals surface area (Å²) in [5.74, 6) is 0.851. The molecular formula is C24H28O2. The van der Waals surface area contributed by atoms with Gasteiger partial charge in [0.05, 0.1) is 5.41 Å². The highest BCUT2D eigenvalue weighted by Gasteiger charge is 2.66. The maximum absolute atomic E-state index is 13.2. The van der Waals surface area contributed by atoms with Gasteiger partial charge in [-0.2, -0.15) is 0 Å². The second-order valence-electron chi connectivity index (χ2n) is 10.5. The zero-order chi connectivity index (χ0) is 17.9. The third-order valence-corrected chi connectivity index (χ3v) is 9.44. The predicted molar refractivity (Wildman–Crippen MR) is 100 cm³/mol. The number of hydrogen-bond donors (Lipinski definition) is 0. The fourth-order valence-electron chi connectivity index (χ4n) is 7.78. The molecule has 0 amide bonds. The van der Waals surface area contributed by atoms with Crippen LogP contribution in [0.5, 0.6) is 0 Å². The van der Waals surface area contributed by atoms with E-state index in [2.05, 4.69) is 19.9 Å². The van der Waals surface area contributed by atoms with E-state index in [9.17, 15) is 9.59 Å². The standard InChI is InChI=1S/C24H28O2/c1-21-7-4-18-16-14-23(11-12-23)19-13-15(25)3-9-22(19,2)17(16)5-10-24(18,21)20(26)6-8-21/h4,13H,3,5-12,14H2,1-2H3/t21?,22?,24-/m1/s1. The second-order valence-corrected chi connectivity index (χ2v) is 10.5. The summed E-state index contributed by atoms with van der Waals surface area (Å²) in [6.45, 7) is 4.78. The molecule has 0 radical (unpaired) electrons. The molecule has 0 aliphatic heterocycles. The monoisotopic (exact) mass is 348 g/mol. The highest BCUT2D eigenvalue weighted by molar-refractivity contribution is 5.95. The molecule has 26 heavy (non-hydrogen) atoms. The van der Waals surface area contributed by atoms with Gasteiger partial charge in [-0.15, -0.1) is 0 Å². The van der Waals surface area contributed by atoms with Crippen LogP contribution < -0.4 is 0 Å². The van der Waals surface area contributed by atoms with Crippen LogP contribution in [0.4, 0.5) is 0 Å². The van der Waals surface area contributed by atoms with Crippen LogP contribution in [-0.4, -0.2) is 11.6 Å². The molecule has 0 aromatic heterocycles. The van der Waals surface area contributed by atoms with Gasteiger partial charge in [-0.05, 0) is 79.4 Å². The maximum atomic E-state index is 13.2. The third kappa shape index (κ3) is 1.50. The van der Waals surface area contributed by atoms with E-state index in [-0.39, 0.29) is 21.7 Å². The number of hydrogen-bond acceptors (Lipinski definition) is 2. The van der Waals surface area contributed by atoms with Crippen molar-refractivity contribution in [3.05, 3.63) is 34.4 Å². The lowest BCUT2D eigenvalue weighted by Gasteiger charge is -2.53. The number of carbonyl (C=O) groups is 2. The number of ketones is 2. The summed E-state index contributed by atoms with van der Waals surface area (Å²) in [6.07, 6.45) is 14.7. The van der Waals surface area contributed by atoms with Crippen LogP contribution in [-0.2, 0) is 9.59 Å². The van der Waals surface area contributed by atoms with E-state index in [1.54, 1.807) is 11.1 Å². The van der Waals surface area contributed by atoms with Crippen LogP contribution in [0.3, 0.4) is 0 Å². The van der Waals surface area contributed by atoms with E-state index in [0.717, 1.165) is 44.9 Å². The minimum Gasteiger partial charge on any atom is -0.299 e. The topological polar surface area (TPSA) is 34.1 Å². The quantitative estimate of drug-likeness (QED) is 0.600. The van der Waals surface area contributed by atoms with Crippen molar-refractivity contribution >= 4 is 11.6 Å². The first-order valence-corrected chi connectivity index (χ1v) is 10.6. The molecule has 2 unspecified atom stereocenters. The van der Waals surface area contributed by atoms with Gasteiger partial charge in [-0.3, -0.25) is 9.59 Å². The average Bonchev–Trinajstić information content (AvgIpc) is 3.25. The Balaban J connectivity index is 1.57. The summed E-state index contributed by atoms with van der Waals surface area (Å²) in [5, 5.41) is 0. The molecule has 0 aromatic carbocycles. The van der Waals surface area contributed by atoms with Crippen LogP contribution in [0, 0.1) is 21.7 Å². The fraction of sp³-hybridized carbons (Fsp3) is 0.667. The van der Waals surface area contributed by atoms with E-state index in [1.165, 1.54) is 24.0 Å². The lowest BCUT2D eigenvalue weighted by molar-refractivity contribution is -0.127. The second kappa shape index (κ2) is 4.34. The Labute approximate surface area is 155 Å². The predicted octanol–water partition coefficient (Wildman–Crippen LogP) is 5.24. The Kier molecular flexibility index (Phi) is 2.60. The summed E-state index contributed by atoms with van der Waals surface area (Å²) in [4.78, 5) is 25.4. The zero-order valence-electron chi connectivity index (χ0n) is 16.0. The van der Waals surface area contributed by atoms with E-state index in [4.69, 9.17) is 0 Å². The molecular weight excluding hydrogens is 320 g/mol. The van der Waals surface area contributed by atoms with E-state index < -0.39 is 0 Å². The van der Waals surface area contributed by atoms with Crippen molar-refractivity contribution in [3.63, 3.8) is 0 Å². The molecule has 6 aliphatic rings. The Bertz CT molecular complexity index is 880. The molecule has 0 N–H and O–H groups in total. The molecule has 2 saturated carbocycles. The van der Waals surface area contributed by atoms with Gasteiger partial charge in [0.15, 0.2) is 5.78 Å². The Morgan fingerprint density at radius 1 is 0.923 bits per heavy atom. The normalized spacial score (nSPS) is 45.0. The first kappa shape index (κ1) is 15.6. The molecule has 2 spiro atoms.